The van der Waals surface area contributed by atoms with Crippen LogP contribution < -0.4 is 15.5 Å². The van der Waals surface area contributed by atoms with Gasteiger partial charge < -0.3 is 20.3 Å². The molecule has 0 radical (unpaired) electrons. The molecule has 0 heterocycles. The second-order valence-electron chi connectivity index (χ2n) is 6.51. The Morgan fingerprint density at radius 1 is 1.00 bits per heavy atom. The summed E-state index contributed by atoms with van der Waals surface area (Å²) < 4.78 is 4.97. The van der Waals surface area contributed by atoms with Gasteiger partial charge in [0.2, 0.25) is 0 Å². The molecule has 148 valence electrons. The average molecular weight is 383 g/mol. The SMILES string of the molecule is C[C@H](NC(=O)c1ccccc1)C(=O)OCC(=O)NCc1ccc(N(C)C)cc1. The van der Waals surface area contributed by atoms with Crippen LogP contribution in [0.15, 0.2) is 54.6 Å². The molecular formula is C21H25N3O4. The minimum Gasteiger partial charge on any atom is -0.454 e. The van der Waals surface area contributed by atoms with Gasteiger partial charge in [-0.2, -0.15) is 0 Å². The fourth-order valence-corrected chi connectivity index (χ4v) is 2.35. The number of hydrogen-bond donors (Lipinski definition) is 2. The quantitative estimate of drug-likeness (QED) is 0.678. The number of rotatable bonds is 8. The molecule has 0 spiro atoms. The van der Waals surface area contributed by atoms with E-state index < -0.39 is 24.5 Å². The second-order valence-corrected chi connectivity index (χ2v) is 6.51. The van der Waals surface area contributed by atoms with E-state index in [4.69, 9.17) is 4.74 Å². The van der Waals surface area contributed by atoms with Crippen molar-refractivity contribution in [2.45, 2.75) is 19.5 Å². The highest BCUT2D eigenvalue weighted by Crippen LogP contribution is 2.11. The maximum Gasteiger partial charge on any atom is 0.328 e. The van der Waals surface area contributed by atoms with E-state index in [2.05, 4.69) is 10.6 Å². The van der Waals surface area contributed by atoms with E-state index in [1.807, 2.05) is 43.3 Å². The Labute approximate surface area is 164 Å². The lowest BCUT2D eigenvalue weighted by atomic mass is 10.2. The predicted octanol–water partition coefficient (Wildman–Crippen LogP) is 1.73. The third-order valence-electron chi connectivity index (χ3n) is 4.03. The monoisotopic (exact) mass is 383 g/mol. The van der Waals surface area contributed by atoms with Gasteiger partial charge in [-0.3, -0.25) is 9.59 Å². The van der Waals surface area contributed by atoms with E-state index in [1.165, 1.54) is 6.92 Å². The van der Waals surface area contributed by atoms with Crippen LogP contribution in [0.25, 0.3) is 0 Å². The van der Waals surface area contributed by atoms with Crippen molar-refractivity contribution in [2.24, 2.45) is 0 Å². The minimum absolute atomic E-state index is 0.338. The molecule has 0 aliphatic heterocycles. The third-order valence-corrected chi connectivity index (χ3v) is 4.03. The summed E-state index contributed by atoms with van der Waals surface area (Å²) in [6, 6.07) is 15.4. The lowest BCUT2D eigenvalue weighted by Crippen LogP contribution is -2.40. The van der Waals surface area contributed by atoms with Gasteiger partial charge >= 0.3 is 5.97 Å². The first-order chi connectivity index (χ1) is 13.4. The molecular weight excluding hydrogens is 358 g/mol. The lowest BCUT2D eigenvalue weighted by Gasteiger charge is -2.14. The smallest absolute Gasteiger partial charge is 0.328 e. The van der Waals surface area contributed by atoms with Gasteiger partial charge in [0.15, 0.2) is 6.61 Å². The van der Waals surface area contributed by atoms with Crippen LogP contribution in [0.3, 0.4) is 0 Å². The molecule has 0 aliphatic rings. The largest absolute Gasteiger partial charge is 0.454 e. The van der Waals surface area contributed by atoms with Gasteiger partial charge in [0.1, 0.15) is 6.04 Å². The van der Waals surface area contributed by atoms with Crippen molar-refractivity contribution in [3.05, 3.63) is 65.7 Å². The summed E-state index contributed by atoms with van der Waals surface area (Å²) in [6.07, 6.45) is 0. The van der Waals surface area contributed by atoms with Crippen LogP contribution in [0.2, 0.25) is 0 Å². The van der Waals surface area contributed by atoms with Crippen LogP contribution in [0, 0.1) is 0 Å². The van der Waals surface area contributed by atoms with Crippen LogP contribution in [0.1, 0.15) is 22.8 Å². The van der Waals surface area contributed by atoms with Gasteiger partial charge in [-0.15, -0.1) is 0 Å². The van der Waals surface area contributed by atoms with Crippen LogP contribution in [0.5, 0.6) is 0 Å². The number of anilines is 1. The predicted molar refractivity (Wildman–Crippen MR) is 107 cm³/mol. The zero-order chi connectivity index (χ0) is 20.5. The zero-order valence-corrected chi connectivity index (χ0v) is 16.3. The fraction of sp³-hybridized carbons (Fsp3) is 0.286. The molecule has 2 amide bonds. The topological polar surface area (TPSA) is 87.7 Å². The van der Waals surface area contributed by atoms with Gasteiger partial charge in [0.05, 0.1) is 0 Å². The summed E-state index contributed by atoms with van der Waals surface area (Å²) in [6.45, 7) is 1.44. The number of nitrogens with zero attached hydrogens (tertiary/aromatic N) is 1. The van der Waals surface area contributed by atoms with E-state index in [1.54, 1.807) is 30.3 Å². The van der Waals surface area contributed by atoms with Crippen molar-refractivity contribution in [3.63, 3.8) is 0 Å². The molecule has 0 saturated heterocycles. The van der Waals surface area contributed by atoms with Crippen molar-refractivity contribution in [2.75, 3.05) is 25.6 Å². The van der Waals surface area contributed by atoms with Crippen LogP contribution in [0.4, 0.5) is 5.69 Å². The first kappa shape index (κ1) is 21.0. The molecule has 0 unspecified atom stereocenters. The highest BCUT2D eigenvalue weighted by atomic mass is 16.5. The van der Waals surface area contributed by atoms with E-state index >= 15 is 0 Å². The number of nitrogens with one attached hydrogen (secondary N) is 2. The fourth-order valence-electron chi connectivity index (χ4n) is 2.35. The summed E-state index contributed by atoms with van der Waals surface area (Å²) in [7, 11) is 3.91. The summed E-state index contributed by atoms with van der Waals surface area (Å²) >= 11 is 0. The molecule has 0 bridgehead atoms. The maximum absolute atomic E-state index is 12.0. The molecule has 7 heteroatoms. The number of esters is 1. The number of amides is 2. The van der Waals surface area contributed by atoms with Crippen molar-refractivity contribution in [1.29, 1.82) is 0 Å². The normalized spacial score (nSPS) is 11.2. The van der Waals surface area contributed by atoms with E-state index in [-0.39, 0.29) is 5.91 Å². The molecule has 0 fully saturated rings. The van der Waals surface area contributed by atoms with Gasteiger partial charge in [-0.1, -0.05) is 30.3 Å². The first-order valence-corrected chi connectivity index (χ1v) is 8.92. The van der Waals surface area contributed by atoms with Crippen LogP contribution >= 0.6 is 0 Å². The molecule has 0 aliphatic carbocycles. The minimum atomic E-state index is -0.862. The molecule has 0 saturated carbocycles. The Bertz CT molecular complexity index is 804. The number of ether oxygens (including phenoxy) is 1. The molecule has 0 aromatic heterocycles. The molecule has 2 aromatic rings. The highest BCUT2D eigenvalue weighted by molar-refractivity contribution is 5.96. The lowest BCUT2D eigenvalue weighted by molar-refractivity contribution is -0.150. The number of benzene rings is 2. The highest BCUT2D eigenvalue weighted by Gasteiger charge is 2.18. The molecule has 2 aromatic carbocycles. The van der Waals surface area contributed by atoms with Gasteiger partial charge in [0.25, 0.3) is 11.8 Å². The molecule has 28 heavy (non-hydrogen) atoms. The number of carbonyl (C=O) groups excluding carboxylic acids is 3. The average Bonchev–Trinajstić information content (AvgIpc) is 2.71. The van der Waals surface area contributed by atoms with Crippen molar-refractivity contribution in [3.8, 4) is 0 Å². The van der Waals surface area contributed by atoms with E-state index in [0.29, 0.717) is 12.1 Å². The number of hydrogen-bond acceptors (Lipinski definition) is 5. The molecule has 7 nitrogen and oxygen atoms in total. The van der Waals surface area contributed by atoms with Crippen LogP contribution in [-0.2, 0) is 20.9 Å². The van der Waals surface area contributed by atoms with Crippen LogP contribution in [-0.4, -0.2) is 44.5 Å². The first-order valence-electron chi connectivity index (χ1n) is 8.92. The van der Waals surface area contributed by atoms with Crippen molar-refractivity contribution < 1.29 is 19.1 Å². The summed E-state index contributed by atoms with van der Waals surface area (Å²) in [4.78, 5) is 37.9. The van der Waals surface area contributed by atoms with E-state index in [0.717, 1.165) is 11.3 Å². The molecule has 2 rings (SSSR count). The summed E-state index contributed by atoms with van der Waals surface area (Å²) in [5.74, 6) is -1.46. The summed E-state index contributed by atoms with van der Waals surface area (Å²) in [5, 5.41) is 5.23. The van der Waals surface area contributed by atoms with Crippen molar-refractivity contribution in [1.82, 2.24) is 10.6 Å². The number of carbonyl (C=O) groups is 3. The molecule has 2 N–H and O–H groups in total. The maximum atomic E-state index is 12.0. The van der Waals surface area contributed by atoms with Crippen molar-refractivity contribution >= 4 is 23.5 Å². The Morgan fingerprint density at radius 3 is 2.25 bits per heavy atom. The molecule has 1 atom stereocenters. The van der Waals surface area contributed by atoms with Gasteiger partial charge in [0, 0.05) is 31.9 Å². The van der Waals surface area contributed by atoms with E-state index in [9.17, 15) is 14.4 Å². The Morgan fingerprint density at radius 2 is 1.64 bits per heavy atom. The zero-order valence-electron chi connectivity index (χ0n) is 16.3. The second kappa shape index (κ2) is 10.1. The Balaban J connectivity index is 1.72. The Hall–Kier alpha value is -3.35. The Kier molecular flexibility index (Phi) is 7.56. The van der Waals surface area contributed by atoms with Gasteiger partial charge in [-0.05, 0) is 36.8 Å². The standard InChI is InChI=1S/C21H25N3O4/c1-15(23-20(26)17-7-5-4-6-8-17)21(27)28-14-19(25)22-13-16-9-11-18(12-10-16)24(2)3/h4-12,15H,13-14H2,1-3H3,(H,22,25)(H,23,26)/t15-/m0/s1. The van der Waals surface area contributed by atoms with Gasteiger partial charge in [-0.25, -0.2) is 4.79 Å². The summed E-state index contributed by atoms with van der Waals surface area (Å²) in [5.41, 5.74) is 2.45. The third kappa shape index (κ3) is 6.42.